The number of hydrogen-bond donors (Lipinski definition) is 2. The van der Waals surface area contributed by atoms with Gasteiger partial charge in [0.05, 0.1) is 21.3 Å². The van der Waals surface area contributed by atoms with Gasteiger partial charge in [0, 0.05) is 17.8 Å². The summed E-state index contributed by atoms with van der Waals surface area (Å²) < 4.78 is 13.7. The van der Waals surface area contributed by atoms with Crippen molar-refractivity contribution in [3.63, 3.8) is 0 Å². The Balaban J connectivity index is 2.59. The summed E-state index contributed by atoms with van der Waals surface area (Å²) >= 11 is 11.6. The highest BCUT2D eigenvalue weighted by Gasteiger charge is 2.15. The molecule has 0 aliphatic carbocycles. The molecular weight excluding hydrogens is 296 g/mol. The Labute approximate surface area is 117 Å². The van der Waals surface area contributed by atoms with Crippen LogP contribution >= 0.6 is 23.2 Å². The molecule has 4 nitrogen and oxygen atoms in total. The first-order valence-electron chi connectivity index (χ1n) is 4.97. The fourth-order valence-corrected chi connectivity index (χ4v) is 1.90. The maximum atomic E-state index is 13.7. The number of carboxylic acids is 1. The standard InChI is InChI=1S/C12H6Cl2FNO3/c13-7-2-6(9(15)3-10(7)17)11-8(14)1-5(4-16-11)12(18)19/h1-4,17H,(H,18,19). The molecule has 2 rings (SSSR count). The van der Waals surface area contributed by atoms with E-state index in [1.807, 2.05) is 0 Å². The van der Waals surface area contributed by atoms with Gasteiger partial charge >= 0.3 is 5.97 Å². The second-order valence-corrected chi connectivity index (χ2v) is 4.46. The number of halogens is 3. The van der Waals surface area contributed by atoms with Gasteiger partial charge in [0.25, 0.3) is 0 Å². The Bertz CT molecular complexity index is 676. The van der Waals surface area contributed by atoms with E-state index < -0.39 is 17.5 Å². The smallest absolute Gasteiger partial charge is 0.337 e. The third-order valence-electron chi connectivity index (χ3n) is 2.38. The number of pyridine rings is 1. The van der Waals surface area contributed by atoms with Gasteiger partial charge in [-0.15, -0.1) is 0 Å². The number of aromatic carboxylic acids is 1. The third kappa shape index (κ3) is 2.62. The molecule has 98 valence electrons. The lowest BCUT2D eigenvalue weighted by atomic mass is 10.1. The summed E-state index contributed by atoms with van der Waals surface area (Å²) in [5, 5.41) is 17.9. The molecule has 0 bridgehead atoms. The Morgan fingerprint density at radius 3 is 2.47 bits per heavy atom. The molecule has 0 unspecified atom stereocenters. The first kappa shape index (κ1) is 13.6. The SMILES string of the molecule is O=C(O)c1cnc(-c2cc(Cl)c(O)cc2F)c(Cl)c1. The molecule has 0 radical (unpaired) electrons. The van der Waals surface area contributed by atoms with E-state index in [-0.39, 0.29) is 26.9 Å². The first-order chi connectivity index (χ1) is 8.90. The summed E-state index contributed by atoms with van der Waals surface area (Å²) in [5.41, 5.74) is -0.0881. The number of aromatic nitrogens is 1. The molecular formula is C12H6Cl2FNO3. The molecule has 1 heterocycles. The van der Waals surface area contributed by atoms with E-state index in [2.05, 4.69) is 4.98 Å². The van der Waals surface area contributed by atoms with Gasteiger partial charge in [-0.25, -0.2) is 9.18 Å². The molecule has 1 aromatic heterocycles. The number of carboxylic acid groups (broad SMARTS) is 1. The van der Waals surface area contributed by atoms with Gasteiger partial charge in [0.2, 0.25) is 0 Å². The summed E-state index contributed by atoms with van der Waals surface area (Å²) in [6.45, 7) is 0. The summed E-state index contributed by atoms with van der Waals surface area (Å²) in [4.78, 5) is 14.5. The van der Waals surface area contributed by atoms with Crippen LogP contribution in [0.15, 0.2) is 24.4 Å². The van der Waals surface area contributed by atoms with Gasteiger partial charge in [-0.1, -0.05) is 23.2 Å². The maximum absolute atomic E-state index is 13.7. The molecule has 19 heavy (non-hydrogen) atoms. The Morgan fingerprint density at radius 2 is 1.89 bits per heavy atom. The molecule has 0 aliphatic heterocycles. The Morgan fingerprint density at radius 1 is 1.21 bits per heavy atom. The number of nitrogens with zero attached hydrogens (tertiary/aromatic N) is 1. The van der Waals surface area contributed by atoms with Crippen molar-refractivity contribution in [2.45, 2.75) is 0 Å². The predicted octanol–water partition coefficient (Wildman–Crippen LogP) is 3.60. The van der Waals surface area contributed by atoms with Crippen LogP contribution in [0.1, 0.15) is 10.4 Å². The summed E-state index contributed by atoms with van der Waals surface area (Å²) in [5.74, 6) is -2.36. The minimum atomic E-state index is -1.19. The fourth-order valence-electron chi connectivity index (χ4n) is 1.47. The van der Waals surface area contributed by atoms with Crippen LogP contribution in [0, 0.1) is 5.82 Å². The molecule has 0 aliphatic rings. The van der Waals surface area contributed by atoms with Gasteiger partial charge in [0.1, 0.15) is 11.6 Å². The predicted molar refractivity (Wildman–Crippen MR) is 68.3 cm³/mol. The molecule has 0 amide bonds. The Kier molecular flexibility index (Phi) is 3.59. The summed E-state index contributed by atoms with van der Waals surface area (Å²) in [6, 6.07) is 3.16. The summed E-state index contributed by atoms with van der Waals surface area (Å²) in [7, 11) is 0. The molecule has 2 N–H and O–H groups in total. The lowest BCUT2D eigenvalue weighted by molar-refractivity contribution is 0.0696. The molecule has 0 saturated carbocycles. The summed E-state index contributed by atoms with van der Waals surface area (Å²) in [6.07, 6.45) is 1.06. The van der Waals surface area contributed by atoms with Crippen molar-refractivity contribution in [3.05, 3.63) is 45.8 Å². The zero-order valence-electron chi connectivity index (χ0n) is 9.19. The minimum Gasteiger partial charge on any atom is -0.506 e. The lowest BCUT2D eigenvalue weighted by Crippen LogP contribution is -1.99. The van der Waals surface area contributed by atoms with Crippen LogP contribution in [0.5, 0.6) is 5.75 Å². The van der Waals surface area contributed by atoms with Crippen LogP contribution in [-0.4, -0.2) is 21.2 Å². The molecule has 1 aromatic carbocycles. The number of phenols is 1. The van der Waals surface area contributed by atoms with Crippen LogP contribution in [0.2, 0.25) is 10.0 Å². The number of rotatable bonds is 2. The molecule has 2 aromatic rings. The average Bonchev–Trinajstić information content (AvgIpc) is 2.34. The van der Waals surface area contributed by atoms with Gasteiger partial charge in [-0.2, -0.15) is 0 Å². The van der Waals surface area contributed by atoms with Crippen LogP contribution in [0.25, 0.3) is 11.3 Å². The van der Waals surface area contributed by atoms with E-state index in [0.717, 1.165) is 18.3 Å². The second-order valence-electron chi connectivity index (χ2n) is 3.64. The lowest BCUT2D eigenvalue weighted by Gasteiger charge is -2.07. The molecule has 7 heteroatoms. The highest BCUT2D eigenvalue weighted by molar-refractivity contribution is 6.34. The average molecular weight is 302 g/mol. The van der Waals surface area contributed by atoms with Crippen molar-refractivity contribution in [1.29, 1.82) is 0 Å². The van der Waals surface area contributed by atoms with Gasteiger partial charge in [-0.3, -0.25) is 4.98 Å². The third-order valence-corrected chi connectivity index (χ3v) is 2.97. The molecule has 0 atom stereocenters. The number of aromatic hydroxyl groups is 1. The molecule has 0 saturated heterocycles. The van der Waals surface area contributed by atoms with Crippen LogP contribution in [0.4, 0.5) is 4.39 Å². The number of hydrogen-bond acceptors (Lipinski definition) is 3. The largest absolute Gasteiger partial charge is 0.506 e. The van der Waals surface area contributed by atoms with Gasteiger partial charge < -0.3 is 10.2 Å². The number of benzene rings is 1. The zero-order chi connectivity index (χ0) is 14.2. The van der Waals surface area contributed by atoms with E-state index in [1.165, 1.54) is 6.07 Å². The van der Waals surface area contributed by atoms with Crippen molar-refractivity contribution in [2.75, 3.05) is 0 Å². The first-order valence-corrected chi connectivity index (χ1v) is 5.73. The highest BCUT2D eigenvalue weighted by Crippen LogP contribution is 2.34. The quantitative estimate of drug-likeness (QED) is 0.889. The number of carbonyl (C=O) groups is 1. The van der Waals surface area contributed by atoms with Crippen LogP contribution in [0.3, 0.4) is 0 Å². The Hall–Kier alpha value is -1.85. The van der Waals surface area contributed by atoms with E-state index in [4.69, 9.17) is 28.3 Å². The highest BCUT2D eigenvalue weighted by atomic mass is 35.5. The van der Waals surface area contributed by atoms with E-state index in [1.54, 1.807) is 0 Å². The van der Waals surface area contributed by atoms with E-state index in [0.29, 0.717) is 0 Å². The normalized spacial score (nSPS) is 10.5. The van der Waals surface area contributed by atoms with Crippen molar-refractivity contribution >= 4 is 29.2 Å². The topological polar surface area (TPSA) is 70.4 Å². The van der Waals surface area contributed by atoms with Crippen LogP contribution in [-0.2, 0) is 0 Å². The van der Waals surface area contributed by atoms with Crippen molar-refractivity contribution in [1.82, 2.24) is 4.98 Å². The zero-order valence-corrected chi connectivity index (χ0v) is 10.7. The maximum Gasteiger partial charge on any atom is 0.337 e. The molecule has 0 spiro atoms. The van der Waals surface area contributed by atoms with Crippen molar-refractivity contribution in [2.24, 2.45) is 0 Å². The minimum absolute atomic E-state index is 0.0234. The van der Waals surface area contributed by atoms with Crippen LogP contribution < -0.4 is 0 Å². The van der Waals surface area contributed by atoms with Gasteiger partial charge in [-0.05, 0) is 12.1 Å². The monoisotopic (exact) mass is 301 g/mol. The fraction of sp³-hybridized carbons (Fsp3) is 0. The van der Waals surface area contributed by atoms with E-state index >= 15 is 0 Å². The number of phenolic OH excluding ortho intramolecular Hbond substituents is 1. The van der Waals surface area contributed by atoms with Gasteiger partial charge in [0.15, 0.2) is 0 Å². The van der Waals surface area contributed by atoms with Crippen molar-refractivity contribution in [3.8, 4) is 17.0 Å². The second kappa shape index (κ2) is 5.03. The molecule has 0 fully saturated rings. The van der Waals surface area contributed by atoms with E-state index in [9.17, 15) is 14.3 Å². The van der Waals surface area contributed by atoms with Crippen molar-refractivity contribution < 1.29 is 19.4 Å².